The van der Waals surface area contributed by atoms with Crippen molar-refractivity contribution in [2.75, 3.05) is 19.6 Å². The fourth-order valence-electron chi connectivity index (χ4n) is 1.71. The Hall–Kier alpha value is -1.03. The normalized spacial score (nSPS) is 16.5. The third-order valence-electron chi connectivity index (χ3n) is 2.78. The van der Waals surface area contributed by atoms with Crippen LogP contribution < -0.4 is 10.6 Å². The van der Waals surface area contributed by atoms with Crippen LogP contribution in [0.25, 0.3) is 0 Å². The Bertz CT molecular complexity index is 354. The van der Waals surface area contributed by atoms with Crippen molar-refractivity contribution in [3.63, 3.8) is 0 Å². The zero-order valence-corrected chi connectivity index (χ0v) is 10.7. The fourth-order valence-corrected chi connectivity index (χ4v) is 2.56. The summed E-state index contributed by atoms with van der Waals surface area (Å²) < 4.78 is 0. The van der Waals surface area contributed by atoms with Crippen molar-refractivity contribution >= 4 is 17.3 Å². The highest BCUT2D eigenvalue weighted by molar-refractivity contribution is 7.10. The van der Waals surface area contributed by atoms with Gasteiger partial charge in [-0.1, -0.05) is 19.9 Å². The van der Waals surface area contributed by atoms with Crippen LogP contribution in [0.5, 0.6) is 0 Å². The number of aliphatic imine (C=N–C) groups is 1. The van der Waals surface area contributed by atoms with E-state index in [1.54, 1.807) is 0 Å². The second-order valence-corrected chi connectivity index (χ2v) is 5.67. The molecule has 0 aliphatic carbocycles. The molecule has 0 unspecified atom stereocenters. The molecule has 16 heavy (non-hydrogen) atoms. The maximum absolute atomic E-state index is 4.41. The molecule has 1 aromatic rings. The van der Waals surface area contributed by atoms with Crippen LogP contribution in [0.2, 0.25) is 0 Å². The number of hydrogen-bond acceptors (Lipinski definition) is 4. The molecular formula is C12H19N3S. The minimum absolute atomic E-state index is 0.163. The zero-order valence-electron chi connectivity index (χ0n) is 9.92. The standard InChI is InChI=1S/C12H19N3S/c1-12(2,10-5-3-8-16-10)9-15-11-13-6-4-7-14-11/h3,5,8H,4,6-7,9H2,1-2H3,(H2,13,14,15). The number of hydrogen-bond donors (Lipinski definition) is 2. The van der Waals surface area contributed by atoms with Gasteiger partial charge in [0.1, 0.15) is 0 Å². The molecule has 0 radical (unpaired) electrons. The van der Waals surface area contributed by atoms with E-state index < -0.39 is 0 Å². The smallest absolute Gasteiger partial charge is 0.191 e. The summed E-state index contributed by atoms with van der Waals surface area (Å²) in [5, 5.41) is 8.81. The Balaban J connectivity index is 1.91. The maximum atomic E-state index is 4.41. The Morgan fingerprint density at radius 1 is 1.56 bits per heavy atom. The summed E-state index contributed by atoms with van der Waals surface area (Å²) in [6, 6.07) is 4.31. The molecule has 4 heteroatoms. The van der Waals surface area contributed by atoms with Crippen LogP contribution in [0.4, 0.5) is 0 Å². The van der Waals surface area contributed by atoms with Gasteiger partial charge >= 0.3 is 0 Å². The van der Waals surface area contributed by atoms with E-state index in [1.807, 2.05) is 11.3 Å². The molecule has 0 aromatic carbocycles. The van der Waals surface area contributed by atoms with Gasteiger partial charge in [-0.3, -0.25) is 4.99 Å². The van der Waals surface area contributed by atoms with Gasteiger partial charge in [0.05, 0.1) is 0 Å². The minimum Gasteiger partial charge on any atom is -0.356 e. The van der Waals surface area contributed by atoms with Crippen LogP contribution >= 0.6 is 11.3 Å². The number of rotatable bonds is 3. The summed E-state index contributed by atoms with van der Waals surface area (Å²) >= 11 is 1.82. The highest BCUT2D eigenvalue weighted by atomic mass is 32.1. The van der Waals surface area contributed by atoms with Gasteiger partial charge in [-0.25, -0.2) is 0 Å². The van der Waals surface area contributed by atoms with Crippen LogP contribution in [0, 0.1) is 0 Å². The molecular weight excluding hydrogens is 218 g/mol. The summed E-state index contributed by atoms with van der Waals surface area (Å²) in [5.74, 6) is 0.955. The molecule has 88 valence electrons. The lowest BCUT2D eigenvalue weighted by Gasteiger charge is -2.26. The van der Waals surface area contributed by atoms with E-state index in [9.17, 15) is 0 Å². The van der Waals surface area contributed by atoms with Gasteiger partial charge < -0.3 is 10.6 Å². The van der Waals surface area contributed by atoms with Crippen LogP contribution in [0.3, 0.4) is 0 Å². The first-order chi connectivity index (χ1) is 7.68. The van der Waals surface area contributed by atoms with E-state index in [1.165, 1.54) is 4.88 Å². The Labute approximate surface area is 101 Å². The van der Waals surface area contributed by atoms with Gasteiger partial charge in [-0.2, -0.15) is 0 Å². The van der Waals surface area contributed by atoms with Crippen molar-refractivity contribution in [1.29, 1.82) is 0 Å². The molecule has 0 saturated carbocycles. The van der Waals surface area contributed by atoms with E-state index in [4.69, 9.17) is 0 Å². The molecule has 2 heterocycles. The molecule has 0 fully saturated rings. The molecule has 2 rings (SSSR count). The maximum Gasteiger partial charge on any atom is 0.191 e. The number of thiophene rings is 1. The molecule has 0 bridgehead atoms. The highest BCUT2D eigenvalue weighted by Gasteiger charge is 2.22. The average Bonchev–Trinajstić information content (AvgIpc) is 2.82. The van der Waals surface area contributed by atoms with E-state index >= 15 is 0 Å². The van der Waals surface area contributed by atoms with Gasteiger partial charge in [0.25, 0.3) is 0 Å². The monoisotopic (exact) mass is 237 g/mol. The first-order valence-corrected chi connectivity index (χ1v) is 6.63. The average molecular weight is 237 g/mol. The second-order valence-electron chi connectivity index (χ2n) is 4.73. The quantitative estimate of drug-likeness (QED) is 0.843. The van der Waals surface area contributed by atoms with Gasteiger partial charge in [-0.15, -0.1) is 11.3 Å². The van der Waals surface area contributed by atoms with E-state index in [2.05, 4.69) is 47.0 Å². The second kappa shape index (κ2) is 4.87. The SMILES string of the molecule is CC(C)(CNC1=NCCCN1)c1cccs1. The Morgan fingerprint density at radius 3 is 3.06 bits per heavy atom. The molecule has 2 N–H and O–H groups in total. The van der Waals surface area contributed by atoms with E-state index in [-0.39, 0.29) is 5.41 Å². The molecule has 1 aliphatic rings. The van der Waals surface area contributed by atoms with Crippen LogP contribution in [-0.2, 0) is 5.41 Å². The Kier molecular flexibility index (Phi) is 3.49. The first kappa shape index (κ1) is 11.5. The summed E-state index contributed by atoms with van der Waals surface area (Å²) in [6.07, 6.45) is 1.14. The lowest BCUT2D eigenvalue weighted by Crippen LogP contribution is -2.45. The van der Waals surface area contributed by atoms with Crippen molar-refractivity contribution in [3.05, 3.63) is 22.4 Å². The predicted octanol–water partition coefficient (Wildman–Crippen LogP) is 1.96. The van der Waals surface area contributed by atoms with Gasteiger partial charge in [-0.05, 0) is 17.9 Å². The van der Waals surface area contributed by atoms with Crippen LogP contribution in [-0.4, -0.2) is 25.6 Å². The molecule has 1 aromatic heterocycles. The lowest BCUT2D eigenvalue weighted by atomic mass is 9.91. The largest absolute Gasteiger partial charge is 0.356 e. The molecule has 1 aliphatic heterocycles. The van der Waals surface area contributed by atoms with E-state index in [0.717, 1.165) is 32.0 Å². The minimum atomic E-state index is 0.163. The third-order valence-corrected chi connectivity index (χ3v) is 4.02. The van der Waals surface area contributed by atoms with Crippen molar-refractivity contribution in [1.82, 2.24) is 10.6 Å². The number of guanidine groups is 1. The first-order valence-electron chi connectivity index (χ1n) is 5.75. The van der Waals surface area contributed by atoms with Crippen molar-refractivity contribution in [3.8, 4) is 0 Å². The highest BCUT2D eigenvalue weighted by Crippen LogP contribution is 2.26. The van der Waals surface area contributed by atoms with Crippen LogP contribution in [0.1, 0.15) is 25.1 Å². The zero-order chi connectivity index (χ0) is 11.4. The Morgan fingerprint density at radius 2 is 2.44 bits per heavy atom. The predicted molar refractivity (Wildman–Crippen MR) is 70.3 cm³/mol. The van der Waals surface area contributed by atoms with Crippen molar-refractivity contribution in [2.45, 2.75) is 25.7 Å². The van der Waals surface area contributed by atoms with E-state index in [0.29, 0.717) is 0 Å². The molecule has 0 atom stereocenters. The molecule has 0 spiro atoms. The van der Waals surface area contributed by atoms with Gasteiger partial charge in [0.2, 0.25) is 0 Å². The van der Waals surface area contributed by atoms with Gasteiger partial charge in [0.15, 0.2) is 5.96 Å². The summed E-state index contributed by atoms with van der Waals surface area (Å²) in [5.41, 5.74) is 0.163. The van der Waals surface area contributed by atoms with Gasteiger partial charge in [0, 0.05) is 29.9 Å². The molecule has 0 saturated heterocycles. The molecule has 3 nitrogen and oxygen atoms in total. The number of nitrogens with zero attached hydrogens (tertiary/aromatic N) is 1. The summed E-state index contributed by atoms with van der Waals surface area (Å²) in [6.45, 7) is 7.41. The van der Waals surface area contributed by atoms with Crippen molar-refractivity contribution < 1.29 is 0 Å². The number of nitrogens with one attached hydrogen (secondary N) is 2. The van der Waals surface area contributed by atoms with Crippen LogP contribution in [0.15, 0.2) is 22.5 Å². The third kappa shape index (κ3) is 2.76. The van der Waals surface area contributed by atoms with Crippen molar-refractivity contribution in [2.24, 2.45) is 4.99 Å². The topological polar surface area (TPSA) is 36.4 Å². The summed E-state index contributed by atoms with van der Waals surface area (Å²) in [4.78, 5) is 5.83. The summed E-state index contributed by atoms with van der Waals surface area (Å²) in [7, 11) is 0. The lowest BCUT2D eigenvalue weighted by molar-refractivity contribution is 0.515. The fraction of sp³-hybridized carbons (Fsp3) is 0.583. The molecule has 0 amide bonds.